The number of alkyl halides is 1. The lowest BCUT2D eigenvalue weighted by Gasteiger charge is -2.33. The van der Waals surface area contributed by atoms with E-state index in [4.69, 9.17) is 5.11 Å². The largest absolute Gasteiger partial charge is 0.465 e. The molecule has 2 atom stereocenters. The van der Waals surface area contributed by atoms with Crippen LogP contribution in [-0.2, 0) is 0 Å². The lowest BCUT2D eigenvalue weighted by molar-refractivity contribution is 0.0961. The summed E-state index contributed by atoms with van der Waals surface area (Å²) in [5.74, 6) is -0.292. The van der Waals surface area contributed by atoms with E-state index in [-0.39, 0.29) is 12.5 Å². The Balaban J connectivity index is 1.91. The monoisotopic (exact) mass is 278 g/mol. The number of aromatic nitrogens is 3. The first-order valence-corrected chi connectivity index (χ1v) is 6.48. The van der Waals surface area contributed by atoms with Gasteiger partial charge in [0.15, 0.2) is 5.65 Å². The normalized spacial score (nSPS) is 23.2. The predicted molar refractivity (Wildman–Crippen MR) is 69.6 cm³/mol. The third-order valence-corrected chi connectivity index (χ3v) is 3.87. The molecule has 7 heteroatoms. The van der Waals surface area contributed by atoms with E-state index in [0.717, 1.165) is 21.7 Å². The minimum absolute atomic E-state index is 0.0746. The molecule has 2 aromatic heterocycles. The number of carbonyl (C=O) groups is 1. The van der Waals surface area contributed by atoms with E-state index in [1.54, 1.807) is 10.7 Å². The molecule has 1 saturated heterocycles. The molecule has 0 bridgehead atoms. The smallest absolute Gasteiger partial charge is 0.407 e. The van der Waals surface area contributed by atoms with Crippen LogP contribution in [0.25, 0.3) is 5.65 Å². The molecule has 0 radical (unpaired) electrons. The van der Waals surface area contributed by atoms with E-state index >= 15 is 0 Å². The summed E-state index contributed by atoms with van der Waals surface area (Å²) in [6, 6.07) is 1.87. The molecule has 3 rings (SSSR count). The van der Waals surface area contributed by atoms with Crippen LogP contribution >= 0.6 is 0 Å². The summed E-state index contributed by atoms with van der Waals surface area (Å²) in [5.41, 5.74) is 2.56. The summed E-state index contributed by atoms with van der Waals surface area (Å²) >= 11 is 0. The highest BCUT2D eigenvalue weighted by Gasteiger charge is 2.33. The molecular formula is C13H15FN4O2. The Morgan fingerprint density at radius 3 is 3.05 bits per heavy atom. The molecule has 0 unspecified atom stereocenters. The third kappa shape index (κ3) is 2.09. The fourth-order valence-electron chi connectivity index (χ4n) is 2.79. The maximum Gasteiger partial charge on any atom is 0.407 e. The first-order valence-electron chi connectivity index (χ1n) is 6.48. The number of amides is 1. The standard InChI is InChI=1S/C13H15FN4O2/c1-8-4-12-15-7-16-18(12)5-10(8)9-2-3-17(13(19)20)6-11(9)14/h4-5,7,9,11H,2-3,6H2,1H3,(H,19,20)/t9-,11+/m0/s1. The zero-order valence-corrected chi connectivity index (χ0v) is 11.0. The second-order valence-electron chi connectivity index (χ2n) is 5.11. The van der Waals surface area contributed by atoms with Crippen LogP contribution in [0, 0.1) is 6.92 Å². The van der Waals surface area contributed by atoms with Crippen LogP contribution in [0.4, 0.5) is 9.18 Å². The molecule has 1 N–H and O–H groups in total. The molecular weight excluding hydrogens is 263 g/mol. The van der Waals surface area contributed by atoms with Gasteiger partial charge in [-0.05, 0) is 30.5 Å². The number of likely N-dealkylation sites (tertiary alicyclic amines) is 1. The minimum atomic E-state index is -1.19. The number of hydrogen-bond donors (Lipinski definition) is 1. The zero-order valence-electron chi connectivity index (χ0n) is 11.0. The van der Waals surface area contributed by atoms with Gasteiger partial charge in [-0.1, -0.05) is 0 Å². The van der Waals surface area contributed by atoms with Gasteiger partial charge in [-0.2, -0.15) is 5.10 Å². The highest BCUT2D eigenvalue weighted by Crippen LogP contribution is 2.32. The molecule has 106 valence electrons. The van der Waals surface area contributed by atoms with Crippen LogP contribution in [0.3, 0.4) is 0 Å². The second-order valence-corrected chi connectivity index (χ2v) is 5.11. The Kier molecular flexibility index (Phi) is 3.04. The van der Waals surface area contributed by atoms with Crippen molar-refractivity contribution in [2.24, 2.45) is 0 Å². The molecule has 0 saturated carbocycles. The highest BCUT2D eigenvalue weighted by molar-refractivity contribution is 5.65. The molecule has 1 amide bonds. The number of halogens is 1. The minimum Gasteiger partial charge on any atom is -0.465 e. The van der Waals surface area contributed by atoms with Crippen LogP contribution in [-0.4, -0.2) is 50.0 Å². The second kappa shape index (κ2) is 4.73. The van der Waals surface area contributed by atoms with Gasteiger partial charge < -0.3 is 10.0 Å². The third-order valence-electron chi connectivity index (χ3n) is 3.87. The number of fused-ring (bicyclic) bond motifs is 1. The molecule has 0 aliphatic carbocycles. The fourth-order valence-corrected chi connectivity index (χ4v) is 2.79. The van der Waals surface area contributed by atoms with Crippen molar-refractivity contribution in [3.05, 3.63) is 29.7 Å². The Morgan fingerprint density at radius 2 is 2.35 bits per heavy atom. The molecule has 20 heavy (non-hydrogen) atoms. The van der Waals surface area contributed by atoms with Crippen molar-refractivity contribution >= 4 is 11.7 Å². The summed E-state index contributed by atoms with van der Waals surface area (Å²) in [6.07, 6.45) is 1.48. The Hall–Kier alpha value is -2.18. The first kappa shape index (κ1) is 12.8. The van der Waals surface area contributed by atoms with Gasteiger partial charge in [0.05, 0.1) is 6.54 Å². The quantitative estimate of drug-likeness (QED) is 0.864. The molecule has 0 aromatic carbocycles. The van der Waals surface area contributed by atoms with Gasteiger partial charge in [0, 0.05) is 18.7 Å². The molecule has 1 fully saturated rings. The maximum absolute atomic E-state index is 14.3. The maximum atomic E-state index is 14.3. The molecule has 6 nitrogen and oxygen atoms in total. The van der Waals surface area contributed by atoms with Gasteiger partial charge in [0.2, 0.25) is 0 Å². The van der Waals surface area contributed by atoms with Gasteiger partial charge in [-0.15, -0.1) is 0 Å². The van der Waals surface area contributed by atoms with Crippen LogP contribution < -0.4 is 0 Å². The summed E-state index contributed by atoms with van der Waals surface area (Å²) in [7, 11) is 0. The number of carboxylic acid groups (broad SMARTS) is 1. The van der Waals surface area contributed by atoms with Gasteiger partial charge in [-0.3, -0.25) is 0 Å². The zero-order chi connectivity index (χ0) is 14.3. The van der Waals surface area contributed by atoms with Crippen molar-refractivity contribution in [3.8, 4) is 0 Å². The van der Waals surface area contributed by atoms with Crippen molar-refractivity contribution < 1.29 is 14.3 Å². The fraction of sp³-hybridized carbons (Fsp3) is 0.462. The summed E-state index contributed by atoms with van der Waals surface area (Å²) in [5, 5.41) is 13.0. The number of piperidine rings is 1. The van der Waals surface area contributed by atoms with E-state index < -0.39 is 12.3 Å². The number of pyridine rings is 1. The average Bonchev–Trinajstić information content (AvgIpc) is 2.84. The molecule has 2 aromatic rings. The number of nitrogens with zero attached hydrogens (tertiary/aromatic N) is 4. The predicted octanol–water partition coefficient (Wildman–Crippen LogP) is 1.84. The molecule has 0 spiro atoms. The molecule has 1 aliphatic heterocycles. The van der Waals surface area contributed by atoms with E-state index in [1.165, 1.54) is 6.33 Å². The van der Waals surface area contributed by atoms with E-state index in [0.29, 0.717) is 13.0 Å². The molecule has 1 aliphatic rings. The molecule has 3 heterocycles. The lowest BCUT2D eigenvalue weighted by atomic mass is 9.86. The Morgan fingerprint density at radius 1 is 1.55 bits per heavy atom. The lowest BCUT2D eigenvalue weighted by Crippen LogP contribution is -2.43. The van der Waals surface area contributed by atoms with Crippen molar-refractivity contribution in [2.75, 3.05) is 13.1 Å². The SMILES string of the molecule is Cc1cc2ncnn2cc1[C@@H]1CCN(C(=O)O)C[C@H]1F. The van der Waals surface area contributed by atoms with E-state index in [2.05, 4.69) is 10.1 Å². The van der Waals surface area contributed by atoms with Gasteiger partial charge in [0.25, 0.3) is 0 Å². The van der Waals surface area contributed by atoms with Crippen LogP contribution in [0.15, 0.2) is 18.6 Å². The summed E-state index contributed by atoms with van der Waals surface area (Å²) in [6.45, 7) is 2.20. The average molecular weight is 278 g/mol. The summed E-state index contributed by atoms with van der Waals surface area (Å²) < 4.78 is 15.9. The Labute approximate surface area is 114 Å². The van der Waals surface area contributed by atoms with Crippen molar-refractivity contribution in [3.63, 3.8) is 0 Å². The van der Waals surface area contributed by atoms with Gasteiger partial charge in [-0.25, -0.2) is 18.7 Å². The number of aryl methyl sites for hydroxylation is 1. The van der Waals surface area contributed by atoms with Crippen LogP contribution in [0.5, 0.6) is 0 Å². The van der Waals surface area contributed by atoms with Crippen molar-refractivity contribution in [1.29, 1.82) is 0 Å². The van der Waals surface area contributed by atoms with E-state index in [9.17, 15) is 9.18 Å². The highest BCUT2D eigenvalue weighted by atomic mass is 19.1. The van der Waals surface area contributed by atoms with Gasteiger partial charge >= 0.3 is 6.09 Å². The van der Waals surface area contributed by atoms with Crippen LogP contribution in [0.1, 0.15) is 23.5 Å². The summed E-state index contributed by atoms with van der Waals surface area (Å²) in [4.78, 5) is 16.1. The van der Waals surface area contributed by atoms with Crippen molar-refractivity contribution in [1.82, 2.24) is 19.5 Å². The number of hydrogen-bond acceptors (Lipinski definition) is 3. The number of rotatable bonds is 1. The van der Waals surface area contributed by atoms with Crippen LogP contribution in [0.2, 0.25) is 0 Å². The topological polar surface area (TPSA) is 70.7 Å². The Bertz CT molecular complexity index is 657. The van der Waals surface area contributed by atoms with Crippen molar-refractivity contribution in [2.45, 2.75) is 25.4 Å². The first-order chi connectivity index (χ1) is 9.56. The van der Waals surface area contributed by atoms with Gasteiger partial charge in [0.1, 0.15) is 12.5 Å². The van der Waals surface area contributed by atoms with E-state index in [1.807, 2.05) is 13.0 Å².